The highest BCUT2D eigenvalue weighted by Gasteiger charge is 2.30. The maximum Gasteiger partial charge on any atom is 0.255 e. The van der Waals surface area contributed by atoms with Crippen molar-refractivity contribution in [2.24, 2.45) is 28.7 Å². The number of ether oxygens (including phenoxy) is 4. The molecule has 0 saturated heterocycles. The molecule has 92 heavy (non-hydrogen) atoms. The Bertz CT molecular complexity index is 3560. The molecule has 27 nitrogen and oxygen atoms in total. The van der Waals surface area contributed by atoms with Gasteiger partial charge >= 0.3 is 0 Å². The van der Waals surface area contributed by atoms with Crippen LogP contribution in [0.5, 0.6) is 23.0 Å². The number of hydrogen-bond acceptors (Lipinski definition) is 17. The molecule has 0 fully saturated rings. The van der Waals surface area contributed by atoms with Gasteiger partial charge in [-0.1, -0.05) is 18.2 Å². The number of unbranched alkanes of at least 4 members (excludes halogenated alkanes) is 4. The van der Waals surface area contributed by atoms with E-state index in [-0.39, 0.29) is 93.7 Å². The van der Waals surface area contributed by atoms with Crippen molar-refractivity contribution in [3.8, 4) is 23.0 Å². The molecule has 0 spiro atoms. The van der Waals surface area contributed by atoms with Crippen molar-refractivity contribution in [3.63, 3.8) is 0 Å². The van der Waals surface area contributed by atoms with Gasteiger partial charge in [-0.25, -0.2) is 0 Å². The third-order valence-electron chi connectivity index (χ3n) is 15.0. The number of rotatable bonds is 37. The molecule has 1 aromatic heterocycles. The SMILES string of the molecule is COc1ccc(NC(=O)[C@H](CCCCN)NC(=O)c2cc(NC(=O)[C@H](CCCCN)NC(=O)c3cc(NC(=O)[C@H](CCCCN)NC(=O)c4cc(NC(=O)[C@H](CCCCN)NC(=O)c5c[nH]c6ccccc56)ccc4OC)ccc3OC)ccc2OC)cc1C(N)=O. The number of anilines is 4. The van der Waals surface area contributed by atoms with Crippen LogP contribution in [0.4, 0.5) is 22.7 Å². The van der Waals surface area contributed by atoms with E-state index in [1.54, 1.807) is 12.3 Å². The molecule has 0 bridgehead atoms. The number of nitrogens with one attached hydrogen (secondary N) is 9. The summed E-state index contributed by atoms with van der Waals surface area (Å²) in [7, 11) is 5.42. The number of primary amides is 1. The Morgan fingerprint density at radius 3 is 0.957 bits per heavy atom. The summed E-state index contributed by atoms with van der Waals surface area (Å²) < 4.78 is 21.9. The van der Waals surface area contributed by atoms with Crippen molar-refractivity contribution in [1.29, 1.82) is 0 Å². The molecule has 4 atom stereocenters. The van der Waals surface area contributed by atoms with E-state index in [0.29, 0.717) is 88.5 Å². The van der Waals surface area contributed by atoms with Gasteiger partial charge < -0.3 is 95.1 Å². The zero-order valence-corrected chi connectivity index (χ0v) is 52.1. The standard InChI is InChI=1S/C65H84N14O13/c1-89-53-25-21-38(33-43(53)57(70)80)72-62(85)49(17-7-11-29-66)76-58(81)44-34-39(22-26-54(44)90-2)73-63(86)50(18-8-12-30-67)77-59(82)45-35-40(23-27-55(45)91-3)74-64(87)51(19-9-13-31-68)78-60(83)46-36-41(24-28-56(46)92-4)75-65(88)52(20-10-14-32-69)79-61(84)47-37-71-48-16-6-5-15-42(47)48/h5-6,15-16,21-28,33-37,49-52,71H,7-14,17-20,29-32,66-69H2,1-4H3,(H2,70,80)(H,72,85)(H,73,86)(H,74,87)(H,75,88)(H,76,81)(H,77,82)(H,78,83)(H,79,84)/t49-,50-,51-,52-/m0/s1. The van der Waals surface area contributed by atoms with Gasteiger partial charge in [-0.05, 0) is 182 Å². The van der Waals surface area contributed by atoms with E-state index in [1.165, 1.54) is 101 Å². The molecular weight excluding hydrogens is 1180 g/mol. The number of aromatic amines is 1. The normalized spacial score (nSPS) is 12.2. The first-order chi connectivity index (χ1) is 44.4. The summed E-state index contributed by atoms with van der Waals surface area (Å²) in [6.07, 6.45) is 6.31. The smallest absolute Gasteiger partial charge is 0.255 e. The van der Waals surface area contributed by atoms with Crippen LogP contribution in [-0.4, -0.2) is 137 Å². The fraction of sp³-hybridized carbons (Fsp3) is 0.369. The average Bonchev–Trinajstić information content (AvgIpc) is 3.85. The summed E-state index contributed by atoms with van der Waals surface area (Å²) in [6, 6.07) is 20.2. The predicted molar refractivity (Wildman–Crippen MR) is 350 cm³/mol. The summed E-state index contributed by atoms with van der Waals surface area (Å²) in [5, 5.41) is 23.0. The number of carbonyl (C=O) groups is 9. The number of fused-ring (bicyclic) bond motifs is 1. The first-order valence-electron chi connectivity index (χ1n) is 30.3. The number of aromatic nitrogens is 1. The Balaban J connectivity index is 1.17. The molecular formula is C65H84N14O13. The summed E-state index contributed by atoms with van der Waals surface area (Å²) >= 11 is 0. The number of carbonyl (C=O) groups excluding carboxylic acids is 9. The van der Waals surface area contributed by atoms with Gasteiger partial charge in [0.05, 0.1) is 56.3 Å². The van der Waals surface area contributed by atoms with E-state index in [0.717, 1.165) is 5.52 Å². The van der Waals surface area contributed by atoms with Crippen molar-refractivity contribution in [3.05, 3.63) is 131 Å². The lowest BCUT2D eigenvalue weighted by molar-refractivity contribution is -0.118. The molecule has 1 heterocycles. The maximum atomic E-state index is 14.4. The van der Waals surface area contributed by atoms with Crippen LogP contribution >= 0.6 is 0 Å². The Morgan fingerprint density at radius 2 is 0.663 bits per heavy atom. The van der Waals surface area contributed by atoms with Crippen molar-refractivity contribution >= 4 is 86.8 Å². The largest absolute Gasteiger partial charge is 0.496 e. The molecule has 6 aromatic rings. The van der Waals surface area contributed by atoms with E-state index >= 15 is 0 Å². The second-order valence-corrected chi connectivity index (χ2v) is 21.5. The Kier molecular flexibility index (Phi) is 27.7. The van der Waals surface area contributed by atoms with Crippen molar-refractivity contribution < 1.29 is 62.1 Å². The monoisotopic (exact) mass is 1270 g/mol. The average molecular weight is 1270 g/mol. The minimum atomic E-state index is -1.19. The van der Waals surface area contributed by atoms with E-state index in [9.17, 15) is 43.2 Å². The molecule has 0 aliphatic rings. The lowest BCUT2D eigenvalue weighted by atomic mass is 10.0. The van der Waals surface area contributed by atoms with Gasteiger partial charge in [0.2, 0.25) is 23.6 Å². The topological polar surface area (TPSA) is 433 Å². The van der Waals surface area contributed by atoms with Gasteiger partial charge in [-0.2, -0.15) is 0 Å². The molecule has 0 radical (unpaired) electrons. The first-order valence-corrected chi connectivity index (χ1v) is 30.3. The summed E-state index contributed by atoms with van der Waals surface area (Å²) in [5.41, 5.74) is 30.4. The van der Waals surface area contributed by atoms with Crippen LogP contribution in [0.1, 0.15) is 129 Å². The van der Waals surface area contributed by atoms with Gasteiger partial charge in [0, 0.05) is 39.8 Å². The van der Waals surface area contributed by atoms with E-state index in [2.05, 4.69) is 47.5 Å². The lowest BCUT2D eigenvalue weighted by Gasteiger charge is -2.22. The van der Waals surface area contributed by atoms with Crippen LogP contribution in [0.2, 0.25) is 0 Å². The zero-order chi connectivity index (χ0) is 66.7. The predicted octanol–water partition coefficient (Wildman–Crippen LogP) is 4.77. The molecule has 6 rings (SSSR count). The summed E-state index contributed by atoms with van der Waals surface area (Å²) in [4.78, 5) is 128. The number of benzene rings is 5. The minimum absolute atomic E-state index is 0.0223. The van der Waals surface area contributed by atoms with Crippen molar-refractivity contribution in [1.82, 2.24) is 26.3 Å². The molecule has 9 amide bonds. The highest BCUT2D eigenvalue weighted by atomic mass is 16.5. The Labute approximate surface area is 533 Å². The quantitative estimate of drug-likeness (QED) is 0.0234. The molecule has 0 aliphatic carbocycles. The second kappa shape index (κ2) is 35.9. The minimum Gasteiger partial charge on any atom is -0.496 e. The fourth-order valence-corrected chi connectivity index (χ4v) is 10.0. The Morgan fingerprint density at radius 1 is 0.380 bits per heavy atom. The van der Waals surface area contributed by atoms with Gasteiger partial charge in [-0.3, -0.25) is 43.2 Å². The van der Waals surface area contributed by atoms with E-state index < -0.39 is 77.3 Å². The molecule has 5 aromatic carbocycles. The molecule has 0 saturated carbocycles. The number of para-hydroxylation sites is 1. The fourth-order valence-electron chi connectivity index (χ4n) is 10.0. The van der Waals surface area contributed by atoms with Gasteiger partial charge in [0.15, 0.2) is 0 Å². The van der Waals surface area contributed by atoms with Gasteiger partial charge in [0.25, 0.3) is 29.5 Å². The number of H-pyrrole nitrogens is 1. The van der Waals surface area contributed by atoms with Crippen molar-refractivity contribution in [2.45, 2.75) is 101 Å². The molecule has 0 aliphatic heterocycles. The number of amides is 9. The molecule has 27 heteroatoms. The lowest BCUT2D eigenvalue weighted by Crippen LogP contribution is -2.44. The summed E-state index contributed by atoms with van der Waals surface area (Å²) in [6.45, 7) is 1.33. The zero-order valence-electron chi connectivity index (χ0n) is 52.1. The molecule has 0 unspecified atom stereocenters. The highest BCUT2D eigenvalue weighted by Crippen LogP contribution is 2.29. The van der Waals surface area contributed by atoms with Crippen molar-refractivity contribution in [2.75, 3.05) is 75.9 Å². The third-order valence-corrected chi connectivity index (χ3v) is 15.0. The number of nitrogens with two attached hydrogens (primary N) is 5. The van der Waals surface area contributed by atoms with Crippen LogP contribution in [-0.2, 0) is 19.2 Å². The summed E-state index contributed by atoms with van der Waals surface area (Å²) in [5.74, 6) is -5.40. The van der Waals surface area contributed by atoms with Gasteiger partial charge in [0.1, 0.15) is 47.2 Å². The molecule has 19 N–H and O–H groups in total. The number of hydrogen-bond donors (Lipinski definition) is 14. The maximum absolute atomic E-state index is 14.4. The third kappa shape index (κ3) is 20.0. The highest BCUT2D eigenvalue weighted by molar-refractivity contribution is 6.10. The Hall–Kier alpha value is -10.1. The molecule has 492 valence electrons. The van der Waals surface area contributed by atoms with Gasteiger partial charge in [-0.15, -0.1) is 0 Å². The van der Waals surface area contributed by atoms with Crippen LogP contribution in [0, 0.1) is 0 Å². The first kappa shape index (κ1) is 71.0. The number of methoxy groups -OCH3 is 4. The van der Waals surface area contributed by atoms with Crippen LogP contribution in [0.25, 0.3) is 10.9 Å². The van der Waals surface area contributed by atoms with Crippen LogP contribution in [0.3, 0.4) is 0 Å². The second-order valence-electron chi connectivity index (χ2n) is 21.5. The van der Waals surface area contributed by atoms with E-state index in [1.807, 2.05) is 18.2 Å². The van der Waals surface area contributed by atoms with Crippen LogP contribution in [0.15, 0.2) is 103 Å². The van der Waals surface area contributed by atoms with E-state index in [4.69, 9.17) is 47.6 Å². The van der Waals surface area contributed by atoms with Crippen LogP contribution < -0.4 is 90.2 Å².